The van der Waals surface area contributed by atoms with Crippen LogP contribution in [0.2, 0.25) is 0 Å². The van der Waals surface area contributed by atoms with E-state index in [-0.39, 0.29) is 11.4 Å². The first-order chi connectivity index (χ1) is 9.43. The number of aryl methyl sites for hydroxylation is 1. The molecule has 106 valence electrons. The smallest absolute Gasteiger partial charge is 0.293 e. The molecule has 1 aromatic carbocycles. The van der Waals surface area contributed by atoms with E-state index in [2.05, 4.69) is 26.5 Å². The normalized spacial score (nSPS) is 10.6. The van der Waals surface area contributed by atoms with Crippen molar-refractivity contribution < 1.29 is 4.92 Å². The van der Waals surface area contributed by atoms with Crippen molar-refractivity contribution in [3.8, 4) is 0 Å². The van der Waals surface area contributed by atoms with Gasteiger partial charge in [-0.1, -0.05) is 6.07 Å². The fourth-order valence-corrected chi connectivity index (χ4v) is 2.24. The highest BCUT2D eigenvalue weighted by Gasteiger charge is 2.14. The number of nitrogens with one attached hydrogen (secondary N) is 1. The van der Waals surface area contributed by atoms with Gasteiger partial charge in [-0.2, -0.15) is 5.10 Å². The van der Waals surface area contributed by atoms with E-state index in [4.69, 9.17) is 5.84 Å². The van der Waals surface area contributed by atoms with E-state index in [9.17, 15) is 10.1 Å². The number of nitro groups is 1. The minimum atomic E-state index is -0.473. The van der Waals surface area contributed by atoms with Crippen LogP contribution in [0.25, 0.3) is 0 Å². The van der Waals surface area contributed by atoms with Crippen LogP contribution < -0.4 is 11.3 Å². The lowest BCUT2D eigenvalue weighted by molar-refractivity contribution is -0.384. The number of nitrogen functional groups attached to an aromatic ring is 1. The Morgan fingerprint density at radius 3 is 2.70 bits per heavy atom. The van der Waals surface area contributed by atoms with E-state index in [1.807, 2.05) is 18.5 Å². The summed E-state index contributed by atoms with van der Waals surface area (Å²) in [4.78, 5) is 10.4. The highest BCUT2D eigenvalue weighted by Crippen LogP contribution is 2.26. The third kappa shape index (κ3) is 2.66. The fourth-order valence-electron chi connectivity index (χ4n) is 1.96. The molecule has 0 saturated heterocycles. The van der Waals surface area contributed by atoms with Gasteiger partial charge >= 0.3 is 0 Å². The molecule has 8 heteroatoms. The summed E-state index contributed by atoms with van der Waals surface area (Å²) in [6.07, 6.45) is 0. The molecule has 0 bridgehead atoms. The Balaban J connectivity index is 2.34. The van der Waals surface area contributed by atoms with Gasteiger partial charge in [0, 0.05) is 6.07 Å². The second-order valence-electron chi connectivity index (χ2n) is 4.40. The summed E-state index contributed by atoms with van der Waals surface area (Å²) in [5, 5.41) is 15.2. The maximum atomic E-state index is 10.8. The lowest BCUT2D eigenvalue weighted by atomic mass is 10.1. The number of aromatic nitrogens is 2. The minimum Gasteiger partial charge on any atom is -0.318 e. The molecular weight excluding hydrogens is 326 g/mol. The molecule has 2 aromatic rings. The molecule has 2 rings (SSSR count). The van der Waals surface area contributed by atoms with Crippen LogP contribution >= 0.6 is 15.9 Å². The summed E-state index contributed by atoms with van der Waals surface area (Å²) >= 11 is 3.47. The van der Waals surface area contributed by atoms with Gasteiger partial charge in [0.1, 0.15) is 5.69 Å². The summed E-state index contributed by atoms with van der Waals surface area (Å²) < 4.78 is 2.80. The van der Waals surface area contributed by atoms with E-state index in [0.717, 1.165) is 21.4 Å². The number of nitrogens with two attached hydrogens (primary N) is 1. The molecule has 0 radical (unpaired) electrons. The predicted octanol–water partition coefficient (Wildman–Crippen LogP) is 2.50. The maximum absolute atomic E-state index is 10.8. The number of anilines is 1. The highest BCUT2D eigenvalue weighted by atomic mass is 79.9. The second-order valence-corrected chi connectivity index (χ2v) is 5.19. The van der Waals surface area contributed by atoms with Gasteiger partial charge in [-0.25, -0.2) is 0 Å². The number of hydrazine groups is 1. The van der Waals surface area contributed by atoms with E-state index >= 15 is 0 Å². The zero-order chi connectivity index (χ0) is 14.9. The van der Waals surface area contributed by atoms with Crippen LogP contribution in [0.4, 0.5) is 11.4 Å². The maximum Gasteiger partial charge on any atom is 0.293 e. The molecule has 1 aromatic heterocycles. The summed E-state index contributed by atoms with van der Waals surface area (Å²) in [5.74, 6) is 5.32. The van der Waals surface area contributed by atoms with Crippen molar-refractivity contribution >= 4 is 27.3 Å². The third-order valence-corrected chi connectivity index (χ3v) is 4.19. The van der Waals surface area contributed by atoms with Crippen molar-refractivity contribution in [1.29, 1.82) is 0 Å². The fraction of sp³-hybridized carbons (Fsp3) is 0.250. The molecule has 7 nitrogen and oxygen atoms in total. The second kappa shape index (κ2) is 5.59. The highest BCUT2D eigenvalue weighted by molar-refractivity contribution is 9.10. The summed E-state index contributed by atoms with van der Waals surface area (Å²) in [5.41, 5.74) is 5.37. The van der Waals surface area contributed by atoms with Crippen LogP contribution in [-0.4, -0.2) is 14.7 Å². The van der Waals surface area contributed by atoms with Crippen LogP contribution in [0.1, 0.15) is 17.0 Å². The number of benzene rings is 1. The standard InChI is InChI=1S/C12H14BrN5O2/c1-7-12(13)8(2)17(16-7)6-9-3-4-11(18(19)20)10(5-9)15-14/h3-5,15H,6,14H2,1-2H3. The van der Waals surface area contributed by atoms with Crippen LogP contribution in [0.3, 0.4) is 0 Å². The molecule has 0 fully saturated rings. The first-order valence-electron chi connectivity index (χ1n) is 5.87. The van der Waals surface area contributed by atoms with Crippen LogP contribution in [-0.2, 0) is 6.54 Å². The number of nitro benzene ring substituents is 1. The number of rotatable bonds is 4. The Morgan fingerprint density at radius 2 is 2.20 bits per heavy atom. The van der Waals surface area contributed by atoms with Crippen LogP contribution in [0.15, 0.2) is 22.7 Å². The SMILES string of the molecule is Cc1nn(Cc2ccc([N+](=O)[O-])c(NN)c2)c(C)c1Br. The molecule has 0 amide bonds. The van der Waals surface area contributed by atoms with Crippen molar-refractivity contribution in [2.45, 2.75) is 20.4 Å². The average Bonchev–Trinajstić information content (AvgIpc) is 2.66. The first-order valence-corrected chi connectivity index (χ1v) is 6.66. The molecule has 0 spiro atoms. The zero-order valence-electron chi connectivity index (χ0n) is 11.1. The molecule has 0 saturated carbocycles. The van der Waals surface area contributed by atoms with Gasteiger partial charge in [-0.05, 0) is 41.4 Å². The van der Waals surface area contributed by atoms with Crippen molar-refractivity contribution in [3.63, 3.8) is 0 Å². The van der Waals surface area contributed by atoms with Gasteiger partial charge in [-0.15, -0.1) is 0 Å². The minimum absolute atomic E-state index is 0.0502. The topological polar surface area (TPSA) is 99.0 Å². The average molecular weight is 340 g/mol. The van der Waals surface area contributed by atoms with Crippen molar-refractivity contribution in [2.75, 3.05) is 5.43 Å². The Morgan fingerprint density at radius 1 is 1.50 bits per heavy atom. The molecule has 0 unspecified atom stereocenters. The van der Waals surface area contributed by atoms with E-state index < -0.39 is 4.92 Å². The Kier molecular flexibility index (Phi) is 4.05. The van der Waals surface area contributed by atoms with Gasteiger partial charge < -0.3 is 5.43 Å². The van der Waals surface area contributed by atoms with Gasteiger partial charge in [0.05, 0.1) is 27.3 Å². The monoisotopic (exact) mass is 339 g/mol. The molecule has 3 N–H and O–H groups in total. The third-order valence-electron chi connectivity index (χ3n) is 3.04. The van der Waals surface area contributed by atoms with Gasteiger partial charge in [0.2, 0.25) is 0 Å². The van der Waals surface area contributed by atoms with Crippen molar-refractivity contribution in [2.24, 2.45) is 5.84 Å². The summed E-state index contributed by atoms with van der Waals surface area (Å²) in [6, 6.07) is 4.79. The first kappa shape index (κ1) is 14.5. The zero-order valence-corrected chi connectivity index (χ0v) is 12.6. The molecule has 20 heavy (non-hydrogen) atoms. The van der Waals surface area contributed by atoms with Crippen molar-refractivity contribution in [3.05, 3.63) is 49.7 Å². The van der Waals surface area contributed by atoms with Crippen LogP contribution in [0, 0.1) is 24.0 Å². The quantitative estimate of drug-likeness (QED) is 0.506. The van der Waals surface area contributed by atoms with Crippen LogP contribution in [0.5, 0.6) is 0 Å². The van der Waals surface area contributed by atoms with E-state index in [1.165, 1.54) is 6.07 Å². The molecule has 1 heterocycles. The van der Waals surface area contributed by atoms with E-state index in [1.54, 1.807) is 12.1 Å². The lowest BCUT2D eigenvalue weighted by Gasteiger charge is -2.07. The van der Waals surface area contributed by atoms with Gasteiger partial charge in [0.25, 0.3) is 5.69 Å². The molecule has 0 aliphatic rings. The van der Waals surface area contributed by atoms with E-state index in [0.29, 0.717) is 6.54 Å². The molecule has 0 atom stereocenters. The van der Waals surface area contributed by atoms with Gasteiger partial charge in [-0.3, -0.25) is 20.6 Å². The molecule has 0 aliphatic carbocycles. The Labute approximate surface area is 124 Å². The number of hydrogen-bond acceptors (Lipinski definition) is 5. The molecular formula is C12H14BrN5O2. The summed E-state index contributed by atoms with van der Waals surface area (Å²) in [7, 11) is 0. The Hall–Kier alpha value is -1.93. The predicted molar refractivity (Wildman–Crippen MR) is 79.4 cm³/mol. The number of hydrogen-bond donors (Lipinski definition) is 2. The summed E-state index contributed by atoms with van der Waals surface area (Å²) in [6.45, 7) is 4.39. The van der Waals surface area contributed by atoms with Crippen molar-refractivity contribution in [1.82, 2.24) is 9.78 Å². The largest absolute Gasteiger partial charge is 0.318 e. The number of halogens is 1. The van der Waals surface area contributed by atoms with Gasteiger partial charge in [0.15, 0.2) is 0 Å². The number of nitrogens with zero attached hydrogens (tertiary/aromatic N) is 3. The Bertz CT molecular complexity index is 668. The molecule has 0 aliphatic heterocycles. The lowest BCUT2D eigenvalue weighted by Crippen LogP contribution is -2.10.